The van der Waals surface area contributed by atoms with Gasteiger partial charge in [-0.25, -0.2) is 9.66 Å². The minimum atomic E-state index is -0.824. The molecule has 1 fully saturated rings. The molecule has 2 aromatic carbocycles. The molecule has 1 aromatic heterocycles. The highest BCUT2D eigenvalue weighted by Crippen LogP contribution is 2.30. The molecule has 1 aliphatic rings. The molecule has 9 heteroatoms. The number of rotatable bonds is 5. The molecule has 3 aromatic rings. The molecule has 1 N–H and O–H groups in total. The van der Waals surface area contributed by atoms with Gasteiger partial charge in [-0.05, 0) is 17.7 Å². The van der Waals surface area contributed by atoms with Crippen molar-refractivity contribution in [1.29, 1.82) is 0 Å². The van der Waals surface area contributed by atoms with Gasteiger partial charge in [0.05, 0.1) is 17.4 Å². The van der Waals surface area contributed by atoms with Gasteiger partial charge in [-0.1, -0.05) is 54.2 Å². The molecule has 4 rings (SSSR count). The largest absolute Gasteiger partial charge is 0.289 e. The molecule has 0 saturated carbocycles. The smallest absolute Gasteiger partial charge is 0.273 e. The van der Waals surface area contributed by atoms with E-state index in [-0.39, 0.29) is 18.2 Å². The van der Waals surface area contributed by atoms with Crippen LogP contribution in [-0.4, -0.2) is 36.9 Å². The van der Waals surface area contributed by atoms with E-state index in [0.717, 1.165) is 26.9 Å². The monoisotopic (exact) mass is 408 g/mol. The van der Waals surface area contributed by atoms with Gasteiger partial charge in [-0.3, -0.25) is 29.5 Å². The number of thioether (sulfide) groups is 1. The Labute approximate surface area is 169 Å². The molecule has 3 amide bonds. The first-order chi connectivity index (χ1) is 14.0. The van der Waals surface area contributed by atoms with E-state index in [2.05, 4.69) is 10.4 Å². The highest BCUT2D eigenvalue weighted by Gasteiger charge is 2.40. The number of nitrogens with zero attached hydrogens (tertiary/aromatic N) is 3. The fourth-order valence-corrected chi connectivity index (χ4v) is 4.02. The van der Waals surface area contributed by atoms with Crippen LogP contribution < -0.4 is 11.0 Å². The van der Waals surface area contributed by atoms with Crippen LogP contribution in [0.1, 0.15) is 12.0 Å². The van der Waals surface area contributed by atoms with Crippen LogP contribution in [-0.2, 0) is 16.1 Å². The van der Waals surface area contributed by atoms with Crippen molar-refractivity contribution in [3.05, 3.63) is 76.8 Å². The number of benzene rings is 2. The Kier molecular flexibility index (Phi) is 5.13. The molecule has 0 unspecified atom stereocenters. The van der Waals surface area contributed by atoms with E-state index in [1.807, 2.05) is 30.3 Å². The lowest BCUT2D eigenvalue weighted by atomic mass is 10.2. The van der Waals surface area contributed by atoms with Gasteiger partial charge < -0.3 is 0 Å². The molecule has 29 heavy (non-hydrogen) atoms. The van der Waals surface area contributed by atoms with E-state index in [1.165, 1.54) is 6.33 Å². The zero-order valence-corrected chi connectivity index (χ0v) is 16.0. The molecular formula is C20H16N4O4S. The number of amides is 3. The first-order valence-corrected chi connectivity index (χ1v) is 9.73. The van der Waals surface area contributed by atoms with Gasteiger partial charge in [0.15, 0.2) is 0 Å². The number of imide groups is 1. The Bertz CT molecular complexity index is 1160. The van der Waals surface area contributed by atoms with Crippen LogP contribution in [0.5, 0.6) is 0 Å². The molecule has 0 spiro atoms. The number of hydrogen-bond acceptors (Lipinski definition) is 6. The van der Waals surface area contributed by atoms with Crippen molar-refractivity contribution >= 4 is 39.7 Å². The number of nitrogens with one attached hydrogen (secondary N) is 1. The summed E-state index contributed by atoms with van der Waals surface area (Å²) in [6, 6.07) is 15.9. The van der Waals surface area contributed by atoms with Crippen molar-refractivity contribution in [3.8, 4) is 0 Å². The SMILES string of the molecule is O=C(C[C@H]1SC(=O)N(Cc2ccccc2)C1=O)Nn1cnc2ccccc2c1=O. The average molecular weight is 408 g/mol. The normalized spacial score (nSPS) is 16.4. The topological polar surface area (TPSA) is 101 Å². The first kappa shape index (κ1) is 18.9. The zero-order chi connectivity index (χ0) is 20.4. The molecule has 1 saturated heterocycles. The van der Waals surface area contributed by atoms with Crippen LogP contribution in [0.25, 0.3) is 10.9 Å². The Morgan fingerprint density at radius 3 is 2.55 bits per heavy atom. The van der Waals surface area contributed by atoms with Crippen LogP contribution in [0.4, 0.5) is 4.79 Å². The van der Waals surface area contributed by atoms with Crippen LogP contribution in [0.2, 0.25) is 0 Å². The number of fused-ring (bicyclic) bond motifs is 1. The summed E-state index contributed by atoms with van der Waals surface area (Å²) < 4.78 is 0.984. The number of aromatic nitrogens is 2. The van der Waals surface area contributed by atoms with Gasteiger partial charge >= 0.3 is 0 Å². The summed E-state index contributed by atoms with van der Waals surface area (Å²) >= 11 is 0.820. The molecule has 8 nitrogen and oxygen atoms in total. The van der Waals surface area contributed by atoms with Gasteiger partial charge in [-0.2, -0.15) is 0 Å². The third-order valence-electron chi connectivity index (χ3n) is 4.47. The lowest BCUT2D eigenvalue weighted by Crippen LogP contribution is -2.36. The Balaban J connectivity index is 1.44. The maximum Gasteiger partial charge on any atom is 0.289 e. The second kappa shape index (κ2) is 7.88. The second-order valence-electron chi connectivity index (χ2n) is 6.46. The second-order valence-corrected chi connectivity index (χ2v) is 7.61. The maximum atomic E-state index is 12.6. The van der Waals surface area contributed by atoms with Crippen molar-refractivity contribution in [2.24, 2.45) is 0 Å². The van der Waals surface area contributed by atoms with Crippen molar-refractivity contribution in [2.75, 3.05) is 5.43 Å². The van der Waals surface area contributed by atoms with Crippen molar-refractivity contribution < 1.29 is 14.4 Å². The van der Waals surface area contributed by atoms with Crippen LogP contribution in [0.3, 0.4) is 0 Å². The predicted molar refractivity (Wildman–Crippen MR) is 109 cm³/mol. The Hall–Kier alpha value is -3.46. The molecule has 2 heterocycles. The Morgan fingerprint density at radius 2 is 1.76 bits per heavy atom. The fraction of sp³-hybridized carbons (Fsp3) is 0.150. The van der Waals surface area contributed by atoms with Crippen molar-refractivity contribution in [1.82, 2.24) is 14.6 Å². The molecule has 0 bridgehead atoms. The summed E-state index contributed by atoms with van der Waals surface area (Å²) in [7, 11) is 0. The van der Waals surface area contributed by atoms with Crippen molar-refractivity contribution in [3.63, 3.8) is 0 Å². The summed E-state index contributed by atoms with van der Waals surface area (Å²) in [5, 5.41) is -0.845. The summed E-state index contributed by atoms with van der Waals surface area (Å²) in [6.45, 7) is 0.164. The standard InChI is InChI=1S/C20H16N4O4S/c25-17(22-24-12-21-15-9-5-4-8-14(15)18(24)26)10-16-19(27)23(20(28)29-16)11-13-6-2-1-3-7-13/h1-9,12,16H,10-11H2,(H,22,25)/t16-/m1/s1. The van der Waals surface area contributed by atoms with Crippen LogP contribution in [0.15, 0.2) is 65.7 Å². The number of carbonyl (C=O) groups excluding carboxylic acids is 3. The quantitative estimate of drug-likeness (QED) is 0.694. The summed E-state index contributed by atoms with van der Waals surface area (Å²) in [5.41, 5.74) is 3.36. The van der Waals surface area contributed by atoms with E-state index >= 15 is 0 Å². The zero-order valence-electron chi connectivity index (χ0n) is 15.1. The minimum absolute atomic E-state index is 0.164. The van der Waals surface area contributed by atoms with Crippen molar-refractivity contribution in [2.45, 2.75) is 18.2 Å². The summed E-state index contributed by atoms with van der Waals surface area (Å²) in [6.07, 6.45) is 0.999. The van der Waals surface area contributed by atoms with Gasteiger partial charge in [-0.15, -0.1) is 0 Å². The molecule has 0 radical (unpaired) electrons. The lowest BCUT2D eigenvalue weighted by molar-refractivity contribution is -0.129. The fourth-order valence-electron chi connectivity index (χ4n) is 3.03. The third kappa shape index (κ3) is 3.90. The molecule has 1 atom stereocenters. The lowest BCUT2D eigenvalue weighted by Gasteiger charge is -2.14. The van der Waals surface area contributed by atoms with E-state index in [9.17, 15) is 19.2 Å². The van der Waals surface area contributed by atoms with Gasteiger partial charge in [0.1, 0.15) is 11.6 Å². The third-order valence-corrected chi connectivity index (χ3v) is 5.54. The van der Waals surface area contributed by atoms with E-state index < -0.39 is 22.6 Å². The molecular weight excluding hydrogens is 392 g/mol. The molecule has 0 aliphatic carbocycles. The number of hydrogen-bond donors (Lipinski definition) is 1. The maximum absolute atomic E-state index is 12.6. The van der Waals surface area contributed by atoms with Gasteiger partial charge in [0.25, 0.3) is 10.8 Å². The minimum Gasteiger partial charge on any atom is -0.273 e. The summed E-state index contributed by atoms with van der Waals surface area (Å²) in [4.78, 5) is 54.9. The highest BCUT2D eigenvalue weighted by molar-refractivity contribution is 8.15. The van der Waals surface area contributed by atoms with E-state index in [4.69, 9.17) is 0 Å². The number of para-hydroxylation sites is 1. The van der Waals surface area contributed by atoms with Gasteiger partial charge in [0.2, 0.25) is 11.8 Å². The molecule has 146 valence electrons. The first-order valence-electron chi connectivity index (χ1n) is 8.85. The van der Waals surface area contributed by atoms with Gasteiger partial charge in [0, 0.05) is 6.42 Å². The van der Waals surface area contributed by atoms with Crippen LogP contribution in [0, 0.1) is 0 Å². The average Bonchev–Trinajstić information content (AvgIpc) is 2.98. The highest BCUT2D eigenvalue weighted by atomic mass is 32.2. The Morgan fingerprint density at radius 1 is 1.03 bits per heavy atom. The van der Waals surface area contributed by atoms with E-state index in [1.54, 1.807) is 24.3 Å². The number of carbonyl (C=O) groups is 3. The van der Waals surface area contributed by atoms with Crippen LogP contribution >= 0.6 is 11.8 Å². The summed E-state index contributed by atoms with van der Waals surface area (Å²) in [5.74, 6) is -0.965. The molecule has 1 aliphatic heterocycles. The van der Waals surface area contributed by atoms with E-state index in [0.29, 0.717) is 10.9 Å². The predicted octanol–water partition coefficient (Wildman–Crippen LogP) is 2.12.